The van der Waals surface area contributed by atoms with E-state index in [0.29, 0.717) is 12.1 Å². The summed E-state index contributed by atoms with van der Waals surface area (Å²) in [6.07, 6.45) is 0. The fourth-order valence-electron chi connectivity index (χ4n) is 4.01. The third kappa shape index (κ3) is 4.72. The topological polar surface area (TPSA) is 133 Å². The summed E-state index contributed by atoms with van der Waals surface area (Å²) in [6, 6.07) is 8.61. The summed E-state index contributed by atoms with van der Waals surface area (Å²) < 4.78 is 5.19. The molecule has 1 saturated heterocycles. The molecule has 3 rings (SSSR count). The molecule has 1 atom stereocenters. The lowest BCUT2D eigenvalue weighted by molar-refractivity contribution is -0.384. The Morgan fingerprint density at radius 2 is 1.79 bits per heavy atom. The minimum atomic E-state index is -0.930. The number of likely N-dealkylation sites (tertiary alicyclic amines) is 1. The van der Waals surface area contributed by atoms with Crippen LogP contribution in [0.25, 0.3) is 5.76 Å². The zero-order valence-electron chi connectivity index (χ0n) is 19.2. The average Bonchev–Trinajstić information content (AvgIpc) is 3.09. The molecular formula is C24H27N3O7. The number of rotatable bonds is 9. The number of non-ortho nitro benzene ring substituents is 1. The van der Waals surface area contributed by atoms with Gasteiger partial charge in [-0.3, -0.25) is 19.7 Å². The molecule has 0 bridgehead atoms. The highest BCUT2D eigenvalue weighted by Crippen LogP contribution is 2.41. The van der Waals surface area contributed by atoms with Gasteiger partial charge in [0.05, 0.1) is 23.6 Å². The molecule has 10 nitrogen and oxygen atoms in total. The van der Waals surface area contributed by atoms with Crippen LogP contribution in [0.2, 0.25) is 0 Å². The van der Waals surface area contributed by atoms with Crippen molar-refractivity contribution in [3.63, 3.8) is 0 Å². The van der Waals surface area contributed by atoms with Crippen molar-refractivity contribution in [3.8, 4) is 11.5 Å². The van der Waals surface area contributed by atoms with E-state index in [1.165, 1.54) is 48.4 Å². The molecule has 2 aromatic carbocycles. The number of hydrogen-bond donors (Lipinski definition) is 2. The number of methoxy groups -OCH3 is 1. The van der Waals surface area contributed by atoms with Gasteiger partial charge in [-0.25, -0.2) is 0 Å². The zero-order valence-corrected chi connectivity index (χ0v) is 19.2. The zero-order chi connectivity index (χ0) is 25.0. The molecule has 1 fully saturated rings. The number of Topliss-reactive ketones (excluding diaryl/α,β-unsaturated/α-hetero) is 1. The van der Waals surface area contributed by atoms with E-state index in [2.05, 4.69) is 4.90 Å². The fraction of sp³-hybridized carbons (Fsp3) is 0.333. The van der Waals surface area contributed by atoms with Crippen LogP contribution in [-0.4, -0.2) is 69.9 Å². The first-order valence-corrected chi connectivity index (χ1v) is 10.9. The molecule has 10 heteroatoms. The summed E-state index contributed by atoms with van der Waals surface area (Å²) in [6.45, 7) is 6.27. The van der Waals surface area contributed by atoms with Gasteiger partial charge in [0.25, 0.3) is 17.4 Å². The Labute approximate surface area is 196 Å². The lowest BCUT2D eigenvalue weighted by Crippen LogP contribution is -2.38. The molecule has 0 spiro atoms. The number of carbonyl (C=O) groups excluding carboxylic acids is 2. The van der Waals surface area contributed by atoms with Gasteiger partial charge in [0.15, 0.2) is 11.5 Å². The highest BCUT2D eigenvalue weighted by atomic mass is 16.6. The number of ketones is 1. The Kier molecular flexibility index (Phi) is 7.52. The largest absolute Gasteiger partial charge is 0.507 e. The van der Waals surface area contributed by atoms with E-state index >= 15 is 0 Å². The van der Waals surface area contributed by atoms with Crippen molar-refractivity contribution in [3.05, 3.63) is 69.3 Å². The summed E-state index contributed by atoms with van der Waals surface area (Å²) in [7, 11) is 1.38. The monoisotopic (exact) mass is 469 g/mol. The Hall–Kier alpha value is -3.92. The normalized spacial score (nSPS) is 17.4. The number of nitrogens with zero attached hydrogens (tertiary/aromatic N) is 3. The van der Waals surface area contributed by atoms with Crippen LogP contribution < -0.4 is 4.74 Å². The van der Waals surface area contributed by atoms with Gasteiger partial charge in [0.2, 0.25) is 0 Å². The molecule has 1 amide bonds. The van der Waals surface area contributed by atoms with Gasteiger partial charge in [0, 0.05) is 30.8 Å². The molecule has 2 N–H and O–H groups in total. The van der Waals surface area contributed by atoms with Crippen molar-refractivity contribution in [1.82, 2.24) is 9.80 Å². The van der Waals surface area contributed by atoms with Crippen molar-refractivity contribution in [2.24, 2.45) is 0 Å². The van der Waals surface area contributed by atoms with Crippen molar-refractivity contribution in [2.45, 2.75) is 19.9 Å². The predicted molar refractivity (Wildman–Crippen MR) is 125 cm³/mol. The van der Waals surface area contributed by atoms with Crippen molar-refractivity contribution in [2.75, 3.05) is 33.3 Å². The van der Waals surface area contributed by atoms with Crippen LogP contribution in [-0.2, 0) is 9.59 Å². The van der Waals surface area contributed by atoms with E-state index in [4.69, 9.17) is 4.74 Å². The number of nitro groups is 1. The van der Waals surface area contributed by atoms with Crippen LogP contribution in [0.15, 0.2) is 48.0 Å². The fourth-order valence-corrected chi connectivity index (χ4v) is 4.01. The van der Waals surface area contributed by atoms with Crippen LogP contribution >= 0.6 is 0 Å². The van der Waals surface area contributed by atoms with Crippen LogP contribution in [0.1, 0.15) is 31.0 Å². The second-order valence-corrected chi connectivity index (χ2v) is 7.75. The maximum Gasteiger partial charge on any atom is 0.295 e. The molecule has 0 aliphatic carbocycles. The molecule has 1 unspecified atom stereocenters. The van der Waals surface area contributed by atoms with E-state index in [1.54, 1.807) is 6.07 Å². The number of benzene rings is 2. The number of aliphatic hydroxyl groups excluding tert-OH is 1. The highest BCUT2D eigenvalue weighted by Gasteiger charge is 2.46. The molecule has 0 saturated carbocycles. The first-order chi connectivity index (χ1) is 16.2. The summed E-state index contributed by atoms with van der Waals surface area (Å²) in [5.41, 5.74) is 0.335. The SMILES string of the molecule is CCN(CC)CCN1C(=O)C(=O)/C(=C(/O)c2ccc([N+](=O)[O-])cc2)C1c1ccc(O)c(OC)c1. The molecular weight excluding hydrogens is 442 g/mol. The molecule has 0 aromatic heterocycles. The lowest BCUT2D eigenvalue weighted by Gasteiger charge is -2.28. The Morgan fingerprint density at radius 3 is 2.35 bits per heavy atom. The Balaban J connectivity index is 2.13. The van der Waals surface area contributed by atoms with Gasteiger partial charge >= 0.3 is 0 Å². The third-order valence-corrected chi connectivity index (χ3v) is 5.96. The van der Waals surface area contributed by atoms with E-state index in [1.807, 2.05) is 13.8 Å². The first-order valence-electron chi connectivity index (χ1n) is 10.9. The second kappa shape index (κ2) is 10.3. The van der Waals surface area contributed by atoms with E-state index < -0.39 is 28.4 Å². The number of nitro benzene ring substituents is 1. The van der Waals surface area contributed by atoms with Gasteiger partial charge in [-0.1, -0.05) is 19.9 Å². The summed E-state index contributed by atoms with van der Waals surface area (Å²) >= 11 is 0. The van der Waals surface area contributed by atoms with Crippen LogP contribution in [0.3, 0.4) is 0 Å². The van der Waals surface area contributed by atoms with Gasteiger partial charge in [-0.05, 0) is 42.9 Å². The summed E-state index contributed by atoms with van der Waals surface area (Å²) in [4.78, 5) is 40.0. The smallest absolute Gasteiger partial charge is 0.295 e. The number of likely N-dealkylation sites (N-methyl/N-ethyl adjacent to an activating group) is 1. The van der Waals surface area contributed by atoms with E-state index in [-0.39, 0.29) is 34.9 Å². The number of amides is 1. The van der Waals surface area contributed by atoms with Gasteiger partial charge in [-0.15, -0.1) is 0 Å². The minimum Gasteiger partial charge on any atom is -0.507 e. The average molecular weight is 469 g/mol. The molecule has 34 heavy (non-hydrogen) atoms. The summed E-state index contributed by atoms with van der Waals surface area (Å²) in [5.74, 6) is -2.00. The molecule has 1 heterocycles. The van der Waals surface area contributed by atoms with Gasteiger partial charge in [-0.2, -0.15) is 0 Å². The second-order valence-electron chi connectivity index (χ2n) is 7.75. The molecule has 1 aliphatic rings. The third-order valence-electron chi connectivity index (χ3n) is 5.96. The number of hydrogen-bond acceptors (Lipinski definition) is 8. The first kappa shape index (κ1) is 24.7. The Morgan fingerprint density at radius 1 is 1.15 bits per heavy atom. The highest BCUT2D eigenvalue weighted by molar-refractivity contribution is 6.46. The van der Waals surface area contributed by atoms with Crippen molar-refractivity contribution in [1.29, 1.82) is 0 Å². The van der Waals surface area contributed by atoms with E-state index in [0.717, 1.165) is 13.1 Å². The minimum absolute atomic E-state index is 0.110. The lowest BCUT2D eigenvalue weighted by atomic mass is 9.95. The number of phenolic OH excluding ortho intramolecular Hbond substituents is 1. The van der Waals surface area contributed by atoms with Crippen LogP contribution in [0.5, 0.6) is 11.5 Å². The van der Waals surface area contributed by atoms with Crippen molar-refractivity contribution < 1.29 is 29.5 Å². The van der Waals surface area contributed by atoms with Crippen LogP contribution in [0.4, 0.5) is 5.69 Å². The molecule has 0 radical (unpaired) electrons. The van der Waals surface area contributed by atoms with Gasteiger partial charge < -0.3 is 24.7 Å². The number of aliphatic hydroxyl groups is 1. The molecule has 1 aliphatic heterocycles. The Bertz CT molecular complexity index is 1120. The van der Waals surface area contributed by atoms with E-state index in [9.17, 15) is 29.9 Å². The maximum absolute atomic E-state index is 13.1. The number of aromatic hydroxyl groups is 1. The number of phenols is 1. The maximum atomic E-state index is 13.1. The van der Waals surface area contributed by atoms with Gasteiger partial charge in [0.1, 0.15) is 5.76 Å². The quantitative estimate of drug-likeness (QED) is 0.188. The standard InChI is InChI=1S/C24H27N3O7/c1-4-25(5-2)12-13-26-21(16-8-11-18(28)19(14-16)34-3)20(23(30)24(26)31)22(29)15-6-9-17(10-7-15)27(32)33/h6-11,14,21,28-29H,4-5,12-13H2,1-3H3/b22-20+. The van der Waals surface area contributed by atoms with Crippen LogP contribution in [0, 0.1) is 10.1 Å². The molecule has 180 valence electrons. The summed E-state index contributed by atoms with van der Waals surface area (Å²) in [5, 5.41) is 32.0. The predicted octanol–water partition coefficient (Wildman–Crippen LogP) is 3.07. The number of ether oxygens (including phenoxy) is 1. The van der Waals surface area contributed by atoms with Crippen molar-refractivity contribution >= 4 is 23.1 Å². The number of carbonyl (C=O) groups is 2. The molecule has 2 aromatic rings.